The highest BCUT2D eigenvalue weighted by molar-refractivity contribution is 7.89. The van der Waals surface area contributed by atoms with E-state index in [1.54, 1.807) is 0 Å². The summed E-state index contributed by atoms with van der Waals surface area (Å²) in [7, 11) is -1.08. The summed E-state index contributed by atoms with van der Waals surface area (Å²) in [6, 6.07) is 11.8. The smallest absolute Gasteiger partial charge is 0.309 e. The van der Waals surface area contributed by atoms with E-state index < -0.39 is 28.1 Å². The van der Waals surface area contributed by atoms with Crippen LogP contribution in [0, 0.1) is 6.92 Å². The van der Waals surface area contributed by atoms with Crippen LogP contribution in [0.15, 0.2) is 47.4 Å². The minimum absolute atomic E-state index is 0.00202. The molecule has 1 unspecified atom stereocenters. The largest absolute Gasteiger partial charge is 0.493 e. The van der Waals surface area contributed by atoms with Gasteiger partial charge in [-0.1, -0.05) is 29.8 Å². The fourth-order valence-corrected chi connectivity index (χ4v) is 4.81. The van der Waals surface area contributed by atoms with E-state index in [1.807, 2.05) is 31.2 Å². The van der Waals surface area contributed by atoms with Crippen LogP contribution in [0.4, 0.5) is 0 Å². The molecule has 1 saturated heterocycles. The molecule has 3 rings (SSSR count). The van der Waals surface area contributed by atoms with Crippen LogP contribution >= 0.6 is 0 Å². The standard InChI is InChI=1S/C22H27N3O7S/c1-15-4-6-16(7-5-15)13-23-21(26)22(27)24-14-20-25(10-11-32-20)33(28,29)17-8-9-18(30-2)19(12-17)31-3/h4-9,12,20H,10-11,13-14H2,1-3H3,(H,23,26)(H,24,27). The highest BCUT2D eigenvalue weighted by Gasteiger charge is 2.37. The number of hydrogen-bond donors (Lipinski definition) is 2. The molecule has 2 aromatic rings. The molecule has 0 radical (unpaired) electrons. The van der Waals surface area contributed by atoms with Crippen molar-refractivity contribution in [3.63, 3.8) is 0 Å². The van der Waals surface area contributed by atoms with Crippen LogP contribution in [0.2, 0.25) is 0 Å². The molecule has 1 atom stereocenters. The Balaban J connectivity index is 1.60. The Bertz CT molecular complexity index is 1100. The number of carbonyl (C=O) groups excluding carboxylic acids is 2. The summed E-state index contributed by atoms with van der Waals surface area (Å²) in [5.41, 5.74) is 1.94. The quantitative estimate of drug-likeness (QED) is 0.539. The van der Waals surface area contributed by atoms with Crippen molar-refractivity contribution in [1.29, 1.82) is 0 Å². The molecule has 178 valence electrons. The highest BCUT2D eigenvalue weighted by atomic mass is 32.2. The molecule has 0 aromatic heterocycles. The highest BCUT2D eigenvalue weighted by Crippen LogP contribution is 2.31. The van der Waals surface area contributed by atoms with Gasteiger partial charge in [0.2, 0.25) is 10.0 Å². The predicted molar refractivity (Wildman–Crippen MR) is 119 cm³/mol. The van der Waals surface area contributed by atoms with Crippen LogP contribution in [0.3, 0.4) is 0 Å². The summed E-state index contributed by atoms with van der Waals surface area (Å²) < 4.78 is 43.2. The number of amides is 2. The molecule has 0 bridgehead atoms. The predicted octanol–water partition coefficient (Wildman–Crippen LogP) is 0.792. The Morgan fingerprint density at radius 2 is 1.70 bits per heavy atom. The Labute approximate surface area is 192 Å². The summed E-state index contributed by atoms with van der Waals surface area (Å²) in [4.78, 5) is 24.3. The number of ether oxygens (including phenoxy) is 3. The molecule has 2 amide bonds. The van der Waals surface area contributed by atoms with Gasteiger partial charge in [0.15, 0.2) is 11.5 Å². The van der Waals surface area contributed by atoms with Gasteiger partial charge in [-0.2, -0.15) is 4.31 Å². The van der Waals surface area contributed by atoms with Crippen LogP contribution in [-0.4, -0.2) is 64.7 Å². The van der Waals surface area contributed by atoms with E-state index in [0.717, 1.165) is 15.4 Å². The van der Waals surface area contributed by atoms with Crippen LogP contribution in [-0.2, 0) is 30.9 Å². The number of nitrogens with one attached hydrogen (secondary N) is 2. The molecular formula is C22H27N3O7S. The zero-order chi connectivity index (χ0) is 24.0. The normalized spacial score (nSPS) is 16.3. The van der Waals surface area contributed by atoms with Gasteiger partial charge in [0.25, 0.3) is 0 Å². The van der Waals surface area contributed by atoms with Gasteiger partial charge in [0, 0.05) is 19.2 Å². The maximum absolute atomic E-state index is 13.1. The summed E-state index contributed by atoms with van der Waals surface area (Å²) in [6.07, 6.45) is -0.947. The third-order valence-corrected chi connectivity index (χ3v) is 7.01. The van der Waals surface area contributed by atoms with E-state index in [-0.39, 0.29) is 36.9 Å². The Kier molecular flexibility index (Phi) is 7.90. The Morgan fingerprint density at radius 1 is 1.03 bits per heavy atom. The van der Waals surface area contributed by atoms with Crippen molar-refractivity contribution in [2.45, 2.75) is 24.6 Å². The van der Waals surface area contributed by atoms with Crippen LogP contribution in [0.25, 0.3) is 0 Å². The van der Waals surface area contributed by atoms with Crippen LogP contribution < -0.4 is 20.1 Å². The van der Waals surface area contributed by atoms with Gasteiger partial charge in [0.05, 0.1) is 32.3 Å². The third kappa shape index (κ3) is 5.81. The number of benzene rings is 2. The SMILES string of the molecule is COc1ccc(S(=O)(=O)N2CCOC2CNC(=O)C(=O)NCc2ccc(C)cc2)cc1OC. The monoisotopic (exact) mass is 477 g/mol. The minimum atomic E-state index is -3.94. The zero-order valence-corrected chi connectivity index (χ0v) is 19.5. The van der Waals surface area contributed by atoms with Crippen molar-refractivity contribution >= 4 is 21.8 Å². The summed E-state index contributed by atoms with van der Waals surface area (Å²) in [6.45, 7) is 2.24. The molecule has 1 fully saturated rings. The first-order chi connectivity index (χ1) is 15.8. The summed E-state index contributed by atoms with van der Waals surface area (Å²) in [5, 5.41) is 4.97. The van der Waals surface area contributed by atoms with Crippen molar-refractivity contribution in [1.82, 2.24) is 14.9 Å². The molecule has 10 nitrogen and oxygen atoms in total. The number of carbonyl (C=O) groups is 2. The summed E-state index contributed by atoms with van der Waals surface area (Å²) >= 11 is 0. The lowest BCUT2D eigenvalue weighted by Crippen LogP contribution is -2.47. The Hall–Kier alpha value is -3.15. The third-order valence-electron chi connectivity index (χ3n) is 5.12. The van der Waals surface area contributed by atoms with Gasteiger partial charge in [-0.3, -0.25) is 9.59 Å². The van der Waals surface area contributed by atoms with E-state index >= 15 is 0 Å². The van der Waals surface area contributed by atoms with E-state index in [0.29, 0.717) is 5.75 Å². The maximum atomic E-state index is 13.1. The second-order valence-electron chi connectivity index (χ2n) is 7.34. The number of nitrogens with zero attached hydrogens (tertiary/aromatic N) is 1. The molecule has 2 N–H and O–H groups in total. The minimum Gasteiger partial charge on any atom is -0.493 e. The first kappa shape index (κ1) is 24.5. The molecule has 1 heterocycles. The van der Waals surface area contributed by atoms with Gasteiger partial charge in [0.1, 0.15) is 6.23 Å². The number of rotatable bonds is 8. The molecule has 2 aromatic carbocycles. The molecule has 0 aliphatic carbocycles. The maximum Gasteiger partial charge on any atom is 0.309 e. The molecule has 11 heteroatoms. The van der Waals surface area contributed by atoms with Crippen molar-refractivity contribution in [3.8, 4) is 11.5 Å². The molecule has 1 aliphatic heterocycles. The van der Waals surface area contributed by atoms with Crippen LogP contribution in [0.1, 0.15) is 11.1 Å². The summed E-state index contributed by atoms with van der Waals surface area (Å²) in [5.74, 6) is -1.02. The van der Waals surface area contributed by atoms with E-state index in [9.17, 15) is 18.0 Å². The van der Waals surface area contributed by atoms with Gasteiger partial charge >= 0.3 is 11.8 Å². The lowest BCUT2D eigenvalue weighted by Gasteiger charge is -2.23. The van der Waals surface area contributed by atoms with Gasteiger partial charge in [-0.15, -0.1) is 0 Å². The zero-order valence-electron chi connectivity index (χ0n) is 18.7. The first-order valence-corrected chi connectivity index (χ1v) is 11.7. The second kappa shape index (κ2) is 10.6. The lowest BCUT2D eigenvalue weighted by atomic mass is 10.1. The van der Waals surface area contributed by atoms with Crippen molar-refractivity contribution in [3.05, 3.63) is 53.6 Å². The number of methoxy groups -OCH3 is 2. The van der Waals surface area contributed by atoms with Crippen molar-refractivity contribution in [2.75, 3.05) is 33.9 Å². The average molecular weight is 478 g/mol. The number of hydrogen-bond acceptors (Lipinski definition) is 7. The van der Waals surface area contributed by atoms with Gasteiger partial charge in [-0.25, -0.2) is 8.42 Å². The van der Waals surface area contributed by atoms with E-state index in [2.05, 4.69) is 10.6 Å². The molecule has 1 aliphatic rings. The Morgan fingerprint density at radius 3 is 2.36 bits per heavy atom. The molecular weight excluding hydrogens is 450 g/mol. The topological polar surface area (TPSA) is 123 Å². The van der Waals surface area contributed by atoms with Crippen LogP contribution in [0.5, 0.6) is 11.5 Å². The van der Waals surface area contributed by atoms with E-state index in [4.69, 9.17) is 14.2 Å². The fourth-order valence-electron chi connectivity index (χ4n) is 3.28. The first-order valence-electron chi connectivity index (χ1n) is 10.2. The van der Waals surface area contributed by atoms with Gasteiger partial charge in [-0.05, 0) is 24.6 Å². The van der Waals surface area contributed by atoms with E-state index in [1.165, 1.54) is 32.4 Å². The molecule has 0 saturated carbocycles. The van der Waals surface area contributed by atoms with Crippen molar-refractivity contribution < 1.29 is 32.2 Å². The second-order valence-corrected chi connectivity index (χ2v) is 9.23. The van der Waals surface area contributed by atoms with Crippen molar-refractivity contribution in [2.24, 2.45) is 0 Å². The average Bonchev–Trinajstić information content (AvgIpc) is 3.31. The van der Waals surface area contributed by atoms with Gasteiger partial charge < -0.3 is 24.8 Å². The lowest BCUT2D eigenvalue weighted by molar-refractivity contribution is -0.139. The number of sulfonamides is 1. The molecule has 0 spiro atoms. The fraction of sp³-hybridized carbons (Fsp3) is 0.364. The number of aryl methyl sites for hydroxylation is 1. The molecule has 33 heavy (non-hydrogen) atoms.